The standard InChI is InChI=1S/C16H32N2/c1-16(2,3)9-11-18-12-10-17-13-15(18)14-7-5-4-6-8-14/h14-15,17H,4-13H2,1-3H3. The number of piperazine rings is 1. The van der Waals surface area contributed by atoms with Crippen molar-refractivity contribution >= 4 is 0 Å². The maximum atomic E-state index is 3.62. The number of nitrogens with zero attached hydrogens (tertiary/aromatic N) is 1. The van der Waals surface area contributed by atoms with Crippen molar-refractivity contribution in [2.75, 3.05) is 26.2 Å². The Kier molecular flexibility index (Phi) is 5.08. The van der Waals surface area contributed by atoms with Gasteiger partial charge in [0.25, 0.3) is 0 Å². The van der Waals surface area contributed by atoms with Gasteiger partial charge in [-0.3, -0.25) is 4.90 Å². The normalized spacial score (nSPS) is 28.5. The minimum absolute atomic E-state index is 0.474. The lowest BCUT2D eigenvalue weighted by atomic mass is 9.82. The van der Waals surface area contributed by atoms with E-state index in [1.165, 1.54) is 64.7 Å². The molecule has 1 unspecified atom stereocenters. The third-order valence-corrected chi connectivity index (χ3v) is 4.74. The Morgan fingerprint density at radius 3 is 2.50 bits per heavy atom. The van der Waals surface area contributed by atoms with Gasteiger partial charge in [0.2, 0.25) is 0 Å². The molecular weight excluding hydrogens is 220 g/mol. The van der Waals surface area contributed by atoms with Crippen molar-refractivity contribution in [2.45, 2.75) is 65.3 Å². The molecule has 2 rings (SSSR count). The molecule has 1 aliphatic heterocycles. The number of hydrogen-bond donors (Lipinski definition) is 1. The summed E-state index contributed by atoms with van der Waals surface area (Å²) in [6.45, 7) is 12.1. The van der Waals surface area contributed by atoms with Gasteiger partial charge < -0.3 is 5.32 Å². The van der Waals surface area contributed by atoms with Crippen molar-refractivity contribution in [3.8, 4) is 0 Å². The predicted octanol–water partition coefficient (Wildman–Crippen LogP) is 3.28. The van der Waals surface area contributed by atoms with Gasteiger partial charge in [0, 0.05) is 25.7 Å². The van der Waals surface area contributed by atoms with Crippen molar-refractivity contribution in [1.82, 2.24) is 10.2 Å². The van der Waals surface area contributed by atoms with Crippen LogP contribution in [0.2, 0.25) is 0 Å². The molecule has 1 saturated heterocycles. The quantitative estimate of drug-likeness (QED) is 0.829. The first kappa shape index (κ1) is 14.3. The molecule has 2 nitrogen and oxygen atoms in total. The first-order chi connectivity index (χ1) is 8.56. The lowest BCUT2D eigenvalue weighted by Crippen LogP contribution is -2.55. The molecule has 2 heteroatoms. The van der Waals surface area contributed by atoms with E-state index < -0.39 is 0 Å². The van der Waals surface area contributed by atoms with Crippen LogP contribution in [0.3, 0.4) is 0 Å². The molecule has 1 aliphatic carbocycles. The lowest BCUT2D eigenvalue weighted by molar-refractivity contribution is 0.0819. The second kappa shape index (κ2) is 6.38. The maximum Gasteiger partial charge on any atom is 0.0249 e. The molecule has 0 bridgehead atoms. The molecule has 0 aromatic carbocycles. The Hall–Kier alpha value is -0.0800. The minimum atomic E-state index is 0.474. The van der Waals surface area contributed by atoms with Gasteiger partial charge in [0.1, 0.15) is 0 Å². The molecule has 0 amide bonds. The minimum Gasteiger partial charge on any atom is -0.314 e. The SMILES string of the molecule is CC(C)(C)CCN1CCNCC1C1CCCCC1. The van der Waals surface area contributed by atoms with E-state index in [0.29, 0.717) is 5.41 Å². The third-order valence-electron chi connectivity index (χ3n) is 4.74. The molecule has 0 aromatic heterocycles. The Bertz CT molecular complexity index is 238. The second-order valence-corrected chi connectivity index (χ2v) is 7.52. The van der Waals surface area contributed by atoms with E-state index >= 15 is 0 Å². The van der Waals surface area contributed by atoms with E-state index in [-0.39, 0.29) is 0 Å². The molecule has 1 N–H and O–H groups in total. The number of nitrogens with one attached hydrogen (secondary N) is 1. The van der Waals surface area contributed by atoms with E-state index in [0.717, 1.165) is 12.0 Å². The summed E-state index contributed by atoms with van der Waals surface area (Å²) in [6, 6.07) is 0.821. The Morgan fingerprint density at radius 2 is 1.83 bits per heavy atom. The summed E-state index contributed by atoms with van der Waals surface area (Å²) in [5, 5.41) is 3.62. The average Bonchev–Trinajstić information content (AvgIpc) is 2.37. The van der Waals surface area contributed by atoms with Crippen molar-refractivity contribution in [1.29, 1.82) is 0 Å². The molecule has 0 spiro atoms. The molecule has 0 radical (unpaired) electrons. The van der Waals surface area contributed by atoms with Gasteiger partial charge >= 0.3 is 0 Å². The lowest BCUT2D eigenvalue weighted by Gasteiger charge is -2.43. The molecule has 1 heterocycles. The zero-order valence-electron chi connectivity index (χ0n) is 12.7. The monoisotopic (exact) mass is 252 g/mol. The summed E-state index contributed by atoms with van der Waals surface area (Å²) >= 11 is 0. The van der Waals surface area contributed by atoms with Crippen LogP contribution in [0.4, 0.5) is 0 Å². The molecule has 2 aliphatic rings. The van der Waals surface area contributed by atoms with Gasteiger partial charge in [-0.1, -0.05) is 40.0 Å². The van der Waals surface area contributed by atoms with Crippen LogP contribution in [0, 0.1) is 11.3 Å². The van der Waals surface area contributed by atoms with Gasteiger partial charge in [-0.15, -0.1) is 0 Å². The third kappa shape index (κ3) is 4.24. The molecule has 0 aromatic rings. The fourth-order valence-electron chi connectivity index (χ4n) is 3.51. The number of hydrogen-bond acceptors (Lipinski definition) is 2. The van der Waals surface area contributed by atoms with Crippen LogP contribution in [0.25, 0.3) is 0 Å². The molecule has 106 valence electrons. The fourth-order valence-corrected chi connectivity index (χ4v) is 3.51. The van der Waals surface area contributed by atoms with Crippen molar-refractivity contribution in [3.05, 3.63) is 0 Å². The van der Waals surface area contributed by atoms with E-state index in [4.69, 9.17) is 0 Å². The fraction of sp³-hybridized carbons (Fsp3) is 1.00. The maximum absolute atomic E-state index is 3.62. The summed E-state index contributed by atoms with van der Waals surface area (Å²) in [5.74, 6) is 0.964. The highest BCUT2D eigenvalue weighted by Crippen LogP contribution is 2.30. The Balaban J connectivity index is 1.88. The Morgan fingerprint density at radius 1 is 1.11 bits per heavy atom. The first-order valence-corrected chi connectivity index (χ1v) is 8.01. The number of rotatable bonds is 3. The average molecular weight is 252 g/mol. The van der Waals surface area contributed by atoms with E-state index in [1.54, 1.807) is 0 Å². The summed E-state index contributed by atoms with van der Waals surface area (Å²) in [4.78, 5) is 2.79. The van der Waals surface area contributed by atoms with Crippen molar-refractivity contribution in [2.24, 2.45) is 11.3 Å². The van der Waals surface area contributed by atoms with Crippen LogP contribution in [-0.2, 0) is 0 Å². The highest BCUT2D eigenvalue weighted by atomic mass is 15.2. The predicted molar refractivity (Wildman–Crippen MR) is 78.9 cm³/mol. The van der Waals surface area contributed by atoms with Crippen LogP contribution >= 0.6 is 0 Å². The first-order valence-electron chi connectivity index (χ1n) is 8.01. The van der Waals surface area contributed by atoms with Crippen LogP contribution in [0.5, 0.6) is 0 Å². The molecule has 1 saturated carbocycles. The largest absolute Gasteiger partial charge is 0.314 e. The van der Waals surface area contributed by atoms with Gasteiger partial charge in [0.15, 0.2) is 0 Å². The van der Waals surface area contributed by atoms with Gasteiger partial charge in [0.05, 0.1) is 0 Å². The van der Waals surface area contributed by atoms with Crippen LogP contribution in [0.1, 0.15) is 59.3 Å². The van der Waals surface area contributed by atoms with Crippen LogP contribution < -0.4 is 5.32 Å². The topological polar surface area (TPSA) is 15.3 Å². The van der Waals surface area contributed by atoms with E-state index in [1.807, 2.05) is 0 Å². The zero-order valence-corrected chi connectivity index (χ0v) is 12.7. The Labute approximate surface area is 114 Å². The van der Waals surface area contributed by atoms with E-state index in [2.05, 4.69) is 31.0 Å². The van der Waals surface area contributed by atoms with Crippen molar-refractivity contribution in [3.63, 3.8) is 0 Å². The van der Waals surface area contributed by atoms with Crippen LogP contribution in [-0.4, -0.2) is 37.1 Å². The van der Waals surface area contributed by atoms with Crippen molar-refractivity contribution < 1.29 is 0 Å². The van der Waals surface area contributed by atoms with Gasteiger partial charge in [-0.25, -0.2) is 0 Å². The summed E-state index contributed by atoms with van der Waals surface area (Å²) in [5.41, 5.74) is 0.474. The highest BCUT2D eigenvalue weighted by Gasteiger charge is 2.30. The van der Waals surface area contributed by atoms with Gasteiger partial charge in [-0.05, 0) is 37.1 Å². The van der Waals surface area contributed by atoms with E-state index in [9.17, 15) is 0 Å². The molecule has 1 atom stereocenters. The van der Waals surface area contributed by atoms with Crippen LogP contribution in [0.15, 0.2) is 0 Å². The highest BCUT2D eigenvalue weighted by molar-refractivity contribution is 4.87. The molecular formula is C16H32N2. The summed E-state index contributed by atoms with van der Waals surface area (Å²) in [7, 11) is 0. The summed E-state index contributed by atoms with van der Waals surface area (Å²) < 4.78 is 0. The molecule has 2 fully saturated rings. The second-order valence-electron chi connectivity index (χ2n) is 7.52. The zero-order chi connectivity index (χ0) is 13.0. The summed E-state index contributed by atoms with van der Waals surface area (Å²) in [6.07, 6.45) is 8.67. The smallest absolute Gasteiger partial charge is 0.0249 e. The molecule has 18 heavy (non-hydrogen) atoms. The van der Waals surface area contributed by atoms with Gasteiger partial charge in [-0.2, -0.15) is 0 Å².